The molecule has 0 saturated heterocycles. The minimum Gasteiger partial charge on any atom is -1.00 e. The van der Waals surface area contributed by atoms with E-state index in [1.165, 1.54) is 0 Å². The molecule has 0 aliphatic heterocycles. The Labute approximate surface area is 129 Å². The fraction of sp³-hybridized carbons (Fsp3) is 0.100. The fourth-order valence-electron chi connectivity index (χ4n) is 1.52. The third-order valence-corrected chi connectivity index (χ3v) is 3.44. The Balaban J connectivity index is 0.00000128. The van der Waals surface area contributed by atoms with Gasteiger partial charge in [-0.25, -0.2) is 0 Å². The van der Waals surface area contributed by atoms with E-state index < -0.39 is 5.97 Å². The smallest absolute Gasteiger partial charge is 1.00 e. The van der Waals surface area contributed by atoms with Crippen molar-refractivity contribution in [2.24, 2.45) is 0 Å². The number of aliphatic carboxylic acids is 1. The van der Waals surface area contributed by atoms with Gasteiger partial charge in [-0.05, 0) is 33.6 Å². The molecule has 80 valence electrons. The topological polar surface area (TPSA) is 53.1 Å². The van der Waals surface area contributed by atoms with Crippen LogP contribution >= 0.6 is 27.5 Å². The van der Waals surface area contributed by atoms with Gasteiger partial charge in [-0.2, -0.15) is 0 Å². The van der Waals surface area contributed by atoms with Gasteiger partial charge >= 0.3 is 35.5 Å². The second-order valence-electron chi connectivity index (χ2n) is 3.17. The molecule has 0 bridgehead atoms. The summed E-state index contributed by atoms with van der Waals surface area (Å²) in [6.07, 6.45) is 1.65. The molecule has 6 heteroatoms. The number of nitrogens with one attached hydrogen (secondary N) is 1. The molecule has 1 heterocycles. The van der Waals surface area contributed by atoms with Crippen molar-refractivity contribution >= 4 is 44.4 Å². The summed E-state index contributed by atoms with van der Waals surface area (Å²) in [4.78, 5) is 13.6. The Morgan fingerprint density at radius 3 is 2.88 bits per heavy atom. The van der Waals surface area contributed by atoms with Gasteiger partial charge in [0.05, 0.1) is 11.4 Å². The summed E-state index contributed by atoms with van der Waals surface area (Å²) >= 11 is 9.40. The van der Waals surface area contributed by atoms with Crippen molar-refractivity contribution in [1.29, 1.82) is 0 Å². The van der Waals surface area contributed by atoms with Crippen LogP contribution in [0.25, 0.3) is 10.9 Å². The van der Waals surface area contributed by atoms with Crippen LogP contribution in [0.5, 0.6) is 0 Å². The number of carboxylic acids is 1. The summed E-state index contributed by atoms with van der Waals surface area (Å²) in [5.41, 5.74) is 1.54. The van der Waals surface area contributed by atoms with Gasteiger partial charge in [0.15, 0.2) is 0 Å². The minimum atomic E-state index is -0.869. The average Bonchev–Trinajstić information content (AvgIpc) is 2.55. The Bertz CT molecular complexity index is 546. The summed E-state index contributed by atoms with van der Waals surface area (Å²) in [7, 11) is 0. The van der Waals surface area contributed by atoms with Crippen molar-refractivity contribution in [3.63, 3.8) is 0 Å². The van der Waals surface area contributed by atoms with E-state index in [4.69, 9.17) is 16.7 Å². The Morgan fingerprint density at radius 1 is 1.56 bits per heavy atom. The van der Waals surface area contributed by atoms with Gasteiger partial charge in [0, 0.05) is 21.6 Å². The van der Waals surface area contributed by atoms with E-state index in [0.717, 1.165) is 15.4 Å². The maximum Gasteiger partial charge on any atom is 1.00 e. The molecule has 0 fully saturated rings. The minimum absolute atomic E-state index is 0. The number of rotatable bonds is 2. The molecule has 0 radical (unpaired) electrons. The van der Waals surface area contributed by atoms with Crippen molar-refractivity contribution in [2.75, 3.05) is 0 Å². The van der Waals surface area contributed by atoms with E-state index in [-0.39, 0.29) is 37.4 Å². The van der Waals surface area contributed by atoms with Crippen LogP contribution in [0, 0.1) is 0 Å². The molecule has 1 aromatic carbocycles. The van der Waals surface area contributed by atoms with E-state index in [2.05, 4.69) is 20.9 Å². The van der Waals surface area contributed by atoms with Crippen LogP contribution in [0.15, 0.2) is 22.8 Å². The SMILES string of the molecule is O=C(O)Cc1c[nH]c2ccc(Br)c(Cl)c12.[H-].[Na+]. The monoisotopic (exact) mass is 311 g/mol. The molecular formula is C10H8BrClNNaO2. The van der Waals surface area contributed by atoms with Gasteiger partial charge in [-0.3, -0.25) is 4.79 Å². The molecule has 0 amide bonds. The van der Waals surface area contributed by atoms with Gasteiger partial charge in [0.1, 0.15) is 0 Å². The van der Waals surface area contributed by atoms with Crippen LogP contribution in [-0.4, -0.2) is 16.1 Å². The van der Waals surface area contributed by atoms with Gasteiger partial charge in [-0.1, -0.05) is 11.6 Å². The summed E-state index contributed by atoms with van der Waals surface area (Å²) in [5, 5.41) is 10.1. The predicted molar refractivity (Wildman–Crippen MR) is 63.5 cm³/mol. The van der Waals surface area contributed by atoms with Crippen LogP contribution in [0.4, 0.5) is 0 Å². The number of H-pyrrole nitrogens is 1. The number of carboxylic acid groups (broad SMARTS) is 1. The molecule has 0 aliphatic rings. The van der Waals surface area contributed by atoms with Crippen molar-refractivity contribution < 1.29 is 40.9 Å². The molecule has 0 atom stereocenters. The van der Waals surface area contributed by atoms with Crippen LogP contribution in [0.2, 0.25) is 5.02 Å². The van der Waals surface area contributed by atoms with Crippen molar-refractivity contribution in [2.45, 2.75) is 6.42 Å². The molecule has 0 aliphatic carbocycles. The summed E-state index contributed by atoms with van der Waals surface area (Å²) in [6.45, 7) is 0. The predicted octanol–water partition coefficient (Wildman–Crippen LogP) is 0.327. The van der Waals surface area contributed by atoms with Crippen molar-refractivity contribution in [3.8, 4) is 0 Å². The number of fused-ring (bicyclic) bond motifs is 1. The molecule has 16 heavy (non-hydrogen) atoms. The van der Waals surface area contributed by atoms with Crippen LogP contribution in [0.1, 0.15) is 6.99 Å². The van der Waals surface area contributed by atoms with E-state index in [1.807, 2.05) is 12.1 Å². The van der Waals surface area contributed by atoms with E-state index in [0.29, 0.717) is 10.6 Å². The normalized spacial score (nSPS) is 10.1. The first-order valence-electron chi connectivity index (χ1n) is 4.25. The number of hydrogen-bond donors (Lipinski definition) is 2. The molecule has 1 aromatic heterocycles. The Hall–Kier alpha value is 0.000000000000000333. The Kier molecular flexibility index (Phi) is 4.88. The first-order chi connectivity index (χ1) is 7.09. The van der Waals surface area contributed by atoms with E-state index in [9.17, 15) is 4.79 Å². The number of aromatic nitrogens is 1. The van der Waals surface area contributed by atoms with Crippen molar-refractivity contribution in [1.82, 2.24) is 4.98 Å². The maximum absolute atomic E-state index is 10.6. The van der Waals surface area contributed by atoms with Crippen LogP contribution in [0.3, 0.4) is 0 Å². The fourth-order valence-corrected chi connectivity index (χ4v) is 2.14. The first kappa shape index (κ1) is 14.1. The largest absolute Gasteiger partial charge is 1.00 e. The van der Waals surface area contributed by atoms with Gasteiger partial charge < -0.3 is 11.5 Å². The first-order valence-corrected chi connectivity index (χ1v) is 5.42. The molecule has 0 spiro atoms. The number of benzene rings is 1. The summed E-state index contributed by atoms with van der Waals surface area (Å²) in [5.74, 6) is -0.869. The molecule has 0 saturated carbocycles. The number of hydrogen-bond acceptors (Lipinski definition) is 1. The van der Waals surface area contributed by atoms with Crippen LogP contribution < -0.4 is 29.6 Å². The van der Waals surface area contributed by atoms with Crippen molar-refractivity contribution in [3.05, 3.63) is 33.4 Å². The third kappa shape index (κ3) is 2.63. The van der Waals surface area contributed by atoms with Gasteiger partial charge in [0.2, 0.25) is 0 Å². The Morgan fingerprint density at radius 2 is 2.25 bits per heavy atom. The molecule has 2 rings (SSSR count). The molecular weight excluding hydrogens is 304 g/mol. The second kappa shape index (κ2) is 5.56. The van der Waals surface area contributed by atoms with Gasteiger partial charge in [0.25, 0.3) is 0 Å². The standard InChI is InChI=1S/C10H7BrClNO2.Na.H/c11-6-1-2-7-9(10(6)12)5(4-13-7)3-8(14)15;;/h1-2,4,13H,3H2,(H,14,15);;/q;+1;-1. The van der Waals surface area contributed by atoms with Gasteiger partial charge in [-0.15, -0.1) is 0 Å². The zero-order chi connectivity index (χ0) is 11.0. The molecule has 2 aromatic rings. The maximum atomic E-state index is 10.6. The average molecular weight is 313 g/mol. The zero-order valence-electron chi connectivity index (χ0n) is 9.55. The number of aromatic amines is 1. The molecule has 0 unspecified atom stereocenters. The third-order valence-electron chi connectivity index (χ3n) is 2.16. The van der Waals surface area contributed by atoms with Crippen LogP contribution in [-0.2, 0) is 11.2 Å². The quantitative estimate of drug-likeness (QED) is 0.785. The zero-order valence-corrected chi connectivity index (χ0v) is 12.9. The number of halogens is 2. The van der Waals surface area contributed by atoms with E-state index in [1.54, 1.807) is 6.20 Å². The summed E-state index contributed by atoms with van der Waals surface area (Å²) < 4.78 is 0.767. The second-order valence-corrected chi connectivity index (χ2v) is 4.40. The number of carbonyl (C=O) groups is 1. The summed E-state index contributed by atoms with van der Waals surface area (Å²) in [6, 6.07) is 3.68. The van der Waals surface area contributed by atoms with E-state index >= 15 is 0 Å². The molecule has 2 N–H and O–H groups in total. The molecule has 3 nitrogen and oxygen atoms in total.